The van der Waals surface area contributed by atoms with Crippen LogP contribution in [-0.4, -0.2) is 24.3 Å². The highest BCUT2D eigenvalue weighted by Gasteiger charge is 2.31. The summed E-state index contributed by atoms with van der Waals surface area (Å²) in [5.74, 6) is 0.361. The molecule has 2 rings (SSSR count). The third kappa shape index (κ3) is 1.19. The number of likely N-dealkylation sites (tertiary alicyclic amines) is 1. The number of carbonyl (C=O) groups is 1. The second-order valence-corrected chi connectivity index (χ2v) is 4.09. The summed E-state index contributed by atoms with van der Waals surface area (Å²) in [5, 5.41) is 2.02. The molecule has 2 heterocycles. The van der Waals surface area contributed by atoms with Gasteiger partial charge in [-0.3, -0.25) is 9.69 Å². The molecule has 1 aromatic heterocycles. The van der Waals surface area contributed by atoms with Crippen LogP contribution in [0.5, 0.6) is 0 Å². The van der Waals surface area contributed by atoms with E-state index in [1.807, 2.05) is 24.6 Å². The van der Waals surface area contributed by atoms with E-state index in [1.54, 1.807) is 11.3 Å². The molecule has 0 aliphatic carbocycles. The topological polar surface area (TPSA) is 20.3 Å². The summed E-state index contributed by atoms with van der Waals surface area (Å²) in [6.45, 7) is 0.904. The van der Waals surface area contributed by atoms with Gasteiger partial charge in [-0.25, -0.2) is 0 Å². The first kappa shape index (κ1) is 7.95. The first-order valence-corrected chi connectivity index (χ1v) is 4.93. The molecule has 1 saturated heterocycles. The summed E-state index contributed by atoms with van der Waals surface area (Å²) in [6.07, 6.45) is 0.707. The van der Waals surface area contributed by atoms with Gasteiger partial charge in [0, 0.05) is 17.8 Å². The molecule has 1 fully saturated rings. The van der Waals surface area contributed by atoms with Crippen LogP contribution in [0.3, 0.4) is 0 Å². The number of hydrogen-bond acceptors (Lipinski definition) is 3. The van der Waals surface area contributed by atoms with Gasteiger partial charge in [0.2, 0.25) is 0 Å². The van der Waals surface area contributed by atoms with E-state index in [1.165, 1.54) is 4.88 Å². The molecule has 0 radical (unpaired) electrons. The van der Waals surface area contributed by atoms with Crippen LogP contribution in [0.1, 0.15) is 17.3 Å². The van der Waals surface area contributed by atoms with Crippen molar-refractivity contribution >= 4 is 17.1 Å². The van der Waals surface area contributed by atoms with E-state index in [0.717, 1.165) is 6.54 Å². The van der Waals surface area contributed by atoms with Crippen LogP contribution in [0, 0.1) is 0 Å². The lowest BCUT2D eigenvalue weighted by molar-refractivity contribution is -0.119. The number of ketones is 1. The molecule has 1 aliphatic rings. The zero-order valence-electron chi connectivity index (χ0n) is 6.99. The molecule has 1 aliphatic heterocycles. The third-order valence-electron chi connectivity index (χ3n) is 2.27. The fourth-order valence-electron chi connectivity index (χ4n) is 1.62. The van der Waals surface area contributed by atoms with Crippen LogP contribution in [0.15, 0.2) is 17.5 Å². The van der Waals surface area contributed by atoms with Crippen molar-refractivity contribution in [1.82, 2.24) is 4.90 Å². The maximum atomic E-state index is 11.4. The lowest BCUT2D eigenvalue weighted by Gasteiger charge is -2.15. The Morgan fingerprint density at radius 1 is 1.67 bits per heavy atom. The van der Waals surface area contributed by atoms with Gasteiger partial charge in [-0.05, 0) is 18.5 Å². The standard InChI is InChI=1S/C9H11NOS/c1-10-5-4-7(11)9(10)8-3-2-6-12-8/h2-3,6,9H,4-5H2,1H3. The Kier molecular flexibility index (Phi) is 1.98. The molecule has 0 bridgehead atoms. The van der Waals surface area contributed by atoms with Gasteiger partial charge in [-0.1, -0.05) is 6.07 Å². The van der Waals surface area contributed by atoms with Gasteiger partial charge in [-0.15, -0.1) is 11.3 Å². The maximum Gasteiger partial charge on any atom is 0.156 e. The van der Waals surface area contributed by atoms with Gasteiger partial charge in [-0.2, -0.15) is 0 Å². The van der Waals surface area contributed by atoms with Gasteiger partial charge < -0.3 is 0 Å². The SMILES string of the molecule is CN1CCC(=O)C1c1cccs1. The Morgan fingerprint density at radius 3 is 3.00 bits per heavy atom. The van der Waals surface area contributed by atoms with E-state index in [-0.39, 0.29) is 6.04 Å². The van der Waals surface area contributed by atoms with Crippen molar-refractivity contribution in [2.75, 3.05) is 13.6 Å². The predicted molar refractivity (Wildman–Crippen MR) is 49.3 cm³/mol. The third-order valence-corrected chi connectivity index (χ3v) is 3.19. The van der Waals surface area contributed by atoms with E-state index in [9.17, 15) is 4.79 Å². The Morgan fingerprint density at radius 2 is 2.50 bits per heavy atom. The minimum absolute atomic E-state index is 0.0463. The Bertz CT molecular complexity index is 281. The molecule has 3 heteroatoms. The molecule has 2 nitrogen and oxygen atoms in total. The highest BCUT2D eigenvalue weighted by molar-refractivity contribution is 7.10. The van der Waals surface area contributed by atoms with Crippen LogP contribution in [0.2, 0.25) is 0 Å². The number of likely N-dealkylation sites (N-methyl/N-ethyl adjacent to an activating group) is 1. The van der Waals surface area contributed by atoms with Crippen molar-refractivity contribution in [3.05, 3.63) is 22.4 Å². The molecule has 64 valence electrons. The summed E-state index contributed by atoms with van der Waals surface area (Å²) in [4.78, 5) is 14.7. The van der Waals surface area contributed by atoms with Crippen LogP contribution >= 0.6 is 11.3 Å². The van der Waals surface area contributed by atoms with Gasteiger partial charge in [0.15, 0.2) is 5.78 Å². The molecule has 1 aromatic rings. The summed E-state index contributed by atoms with van der Waals surface area (Å²) >= 11 is 1.67. The largest absolute Gasteiger partial charge is 0.297 e. The maximum absolute atomic E-state index is 11.4. The van der Waals surface area contributed by atoms with Crippen molar-refractivity contribution in [2.45, 2.75) is 12.5 Å². The van der Waals surface area contributed by atoms with Crippen LogP contribution in [0.25, 0.3) is 0 Å². The first-order valence-electron chi connectivity index (χ1n) is 4.05. The molecule has 12 heavy (non-hydrogen) atoms. The van der Waals surface area contributed by atoms with Gasteiger partial charge in [0.25, 0.3) is 0 Å². The number of hydrogen-bond donors (Lipinski definition) is 0. The number of rotatable bonds is 1. The Labute approximate surface area is 75.8 Å². The molecular formula is C9H11NOS. The minimum Gasteiger partial charge on any atom is -0.297 e. The van der Waals surface area contributed by atoms with Crippen molar-refractivity contribution in [3.8, 4) is 0 Å². The number of nitrogens with zero attached hydrogens (tertiary/aromatic N) is 1. The molecule has 0 N–H and O–H groups in total. The van der Waals surface area contributed by atoms with Crippen molar-refractivity contribution in [3.63, 3.8) is 0 Å². The second-order valence-electron chi connectivity index (χ2n) is 3.11. The van der Waals surface area contributed by atoms with Crippen LogP contribution < -0.4 is 0 Å². The van der Waals surface area contributed by atoms with E-state index >= 15 is 0 Å². The zero-order chi connectivity index (χ0) is 8.55. The molecular weight excluding hydrogens is 170 g/mol. The fourth-order valence-corrected chi connectivity index (χ4v) is 2.53. The number of carbonyl (C=O) groups excluding carboxylic acids is 1. The Balaban J connectivity index is 2.28. The highest BCUT2D eigenvalue weighted by Crippen LogP contribution is 2.30. The molecule has 0 amide bonds. The second kappa shape index (κ2) is 2.99. The smallest absolute Gasteiger partial charge is 0.156 e. The van der Waals surface area contributed by atoms with Crippen molar-refractivity contribution < 1.29 is 4.79 Å². The summed E-state index contributed by atoms with van der Waals surface area (Å²) < 4.78 is 0. The highest BCUT2D eigenvalue weighted by atomic mass is 32.1. The molecule has 0 aromatic carbocycles. The van der Waals surface area contributed by atoms with Crippen molar-refractivity contribution in [2.24, 2.45) is 0 Å². The molecule has 1 atom stereocenters. The fraction of sp³-hybridized carbons (Fsp3) is 0.444. The van der Waals surface area contributed by atoms with Gasteiger partial charge in [0.1, 0.15) is 6.04 Å². The normalized spacial score (nSPS) is 25.1. The first-order chi connectivity index (χ1) is 5.79. The van der Waals surface area contributed by atoms with Crippen LogP contribution in [0.4, 0.5) is 0 Å². The monoisotopic (exact) mass is 181 g/mol. The lowest BCUT2D eigenvalue weighted by Crippen LogP contribution is -2.19. The van der Waals surface area contributed by atoms with Gasteiger partial charge >= 0.3 is 0 Å². The predicted octanol–water partition coefficient (Wildman–Crippen LogP) is 1.69. The molecule has 1 unspecified atom stereocenters. The average Bonchev–Trinajstić information content (AvgIpc) is 2.61. The molecule has 0 spiro atoms. The quantitative estimate of drug-likeness (QED) is 0.657. The van der Waals surface area contributed by atoms with Crippen LogP contribution in [-0.2, 0) is 4.79 Å². The van der Waals surface area contributed by atoms with E-state index in [0.29, 0.717) is 12.2 Å². The molecule has 0 saturated carbocycles. The van der Waals surface area contributed by atoms with E-state index < -0.39 is 0 Å². The van der Waals surface area contributed by atoms with Crippen molar-refractivity contribution in [1.29, 1.82) is 0 Å². The summed E-state index contributed by atoms with van der Waals surface area (Å²) in [5.41, 5.74) is 0. The Hall–Kier alpha value is -0.670. The summed E-state index contributed by atoms with van der Waals surface area (Å²) in [6, 6.07) is 4.08. The average molecular weight is 181 g/mol. The minimum atomic E-state index is 0.0463. The lowest BCUT2D eigenvalue weighted by atomic mass is 10.2. The van der Waals surface area contributed by atoms with E-state index in [4.69, 9.17) is 0 Å². The number of Topliss-reactive ketones (excluding diaryl/α,β-unsaturated/α-hetero) is 1. The van der Waals surface area contributed by atoms with E-state index in [2.05, 4.69) is 4.90 Å². The number of thiophene rings is 1. The zero-order valence-corrected chi connectivity index (χ0v) is 7.80. The summed E-state index contributed by atoms with van der Waals surface area (Å²) in [7, 11) is 2.01. The van der Waals surface area contributed by atoms with Gasteiger partial charge in [0.05, 0.1) is 0 Å².